The smallest absolute Gasteiger partial charge is 0.392 e. The molecule has 72 valence electrons. The lowest BCUT2D eigenvalue weighted by Gasteiger charge is -2.05. The van der Waals surface area contributed by atoms with Crippen molar-refractivity contribution in [3.05, 3.63) is 12.4 Å². The van der Waals surface area contributed by atoms with Crippen LogP contribution in [-0.4, -0.2) is 28.0 Å². The number of hydrogen-bond acceptors (Lipinski definition) is 4. The second kappa shape index (κ2) is 4.01. The molecule has 0 saturated carbocycles. The molecule has 0 aromatic carbocycles. The Morgan fingerprint density at radius 3 is 2.62 bits per heavy atom. The van der Waals surface area contributed by atoms with E-state index < -0.39 is 19.2 Å². The van der Waals surface area contributed by atoms with Crippen LogP contribution in [0, 0.1) is 0 Å². The van der Waals surface area contributed by atoms with Crippen molar-refractivity contribution in [2.24, 2.45) is 0 Å². The van der Waals surface area contributed by atoms with E-state index in [9.17, 15) is 13.2 Å². The normalized spacial score (nSPS) is 11.3. The minimum atomic E-state index is -4.22. The summed E-state index contributed by atoms with van der Waals surface area (Å²) < 4.78 is 39.4. The minimum absolute atomic E-state index is 0.147. The first-order valence-electron chi connectivity index (χ1n) is 3.41. The summed E-state index contributed by atoms with van der Waals surface area (Å²) in [5.74, 6) is 0. The summed E-state index contributed by atoms with van der Waals surface area (Å²) in [5, 5.41) is 6.73. The first-order valence-corrected chi connectivity index (χ1v) is 3.41. The summed E-state index contributed by atoms with van der Waals surface area (Å²) in [5.41, 5.74) is 0. The van der Waals surface area contributed by atoms with Gasteiger partial charge in [-0.05, 0) is 0 Å². The zero-order valence-electron chi connectivity index (χ0n) is 6.45. The van der Waals surface area contributed by atoms with Crippen LogP contribution >= 0.6 is 0 Å². The van der Waals surface area contributed by atoms with Crippen LogP contribution in [0.25, 0.3) is 0 Å². The van der Waals surface area contributed by atoms with Crippen molar-refractivity contribution in [1.29, 1.82) is 0 Å². The molecule has 0 unspecified atom stereocenters. The van der Waals surface area contributed by atoms with Crippen LogP contribution in [0.5, 0.6) is 6.01 Å². The highest BCUT2D eigenvalue weighted by atomic mass is 19.4. The molecule has 0 N–H and O–H groups in total. The molecule has 0 spiro atoms. The molecule has 0 amide bonds. The van der Waals surface area contributed by atoms with Gasteiger partial charge >= 0.3 is 12.2 Å². The average Bonchev–Trinajstić information content (AvgIpc) is 2.04. The van der Waals surface area contributed by atoms with Gasteiger partial charge in [-0.3, -0.25) is 0 Å². The first-order chi connectivity index (χ1) is 6.08. The molecule has 0 bridgehead atoms. The van der Waals surface area contributed by atoms with Gasteiger partial charge in [0.15, 0.2) is 0 Å². The summed E-state index contributed by atoms with van der Waals surface area (Å²) in [6.45, 7) is -0.491. The molecule has 0 saturated heterocycles. The van der Waals surface area contributed by atoms with Crippen molar-refractivity contribution in [1.82, 2.24) is 15.2 Å². The van der Waals surface area contributed by atoms with Gasteiger partial charge in [0, 0.05) is 0 Å². The monoisotopic (exact) mass is 193 g/mol. The Balaban J connectivity index is 2.29. The van der Waals surface area contributed by atoms with Crippen molar-refractivity contribution < 1.29 is 17.9 Å². The Morgan fingerprint density at radius 1 is 1.31 bits per heavy atom. The molecule has 1 rings (SSSR count). The minimum Gasteiger partial charge on any atom is -0.462 e. The van der Waals surface area contributed by atoms with Gasteiger partial charge in [0.05, 0.1) is 18.8 Å². The van der Waals surface area contributed by atoms with Crippen molar-refractivity contribution in [3.8, 4) is 6.01 Å². The predicted molar refractivity (Wildman–Crippen MR) is 36.0 cm³/mol. The van der Waals surface area contributed by atoms with E-state index in [-0.39, 0.29) is 6.01 Å². The van der Waals surface area contributed by atoms with Crippen molar-refractivity contribution in [2.45, 2.75) is 12.6 Å². The summed E-state index contributed by atoms with van der Waals surface area (Å²) in [6, 6.07) is -0.147. The standard InChI is InChI=1S/C6H6F3N3O/c7-6(8,9)1-4-13-5-10-2-3-11-12-5/h2-3H,1,4H2. The van der Waals surface area contributed by atoms with Crippen molar-refractivity contribution >= 4 is 0 Å². The maximum atomic E-state index is 11.6. The van der Waals surface area contributed by atoms with E-state index in [2.05, 4.69) is 19.9 Å². The maximum absolute atomic E-state index is 11.6. The average molecular weight is 193 g/mol. The molecular weight excluding hydrogens is 187 g/mol. The largest absolute Gasteiger partial charge is 0.462 e. The molecule has 13 heavy (non-hydrogen) atoms. The van der Waals surface area contributed by atoms with Gasteiger partial charge < -0.3 is 4.74 Å². The Kier molecular flexibility index (Phi) is 2.99. The van der Waals surface area contributed by atoms with Gasteiger partial charge in [0.1, 0.15) is 6.61 Å². The molecule has 1 aromatic rings. The fourth-order valence-electron chi connectivity index (χ4n) is 0.560. The van der Waals surface area contributed by atoms with Gasteiger partial charge in [-0.25, -0.2) is 4.98 Å². The number of halogens is 3. The highest BCUT2D eigenvalue weighted by Gasteiger charge is 2.26. The lowest BCUT2D eigenvalue weighted by atomic mass is 10.4. The summed E-state index contributed by atoms with van der Waals surface area (Å²) >= 11 is 0. The predicted octanol–water partition coefficient (Wildman–Crippen LogP) is 1.20. The quantitative estimate of drug-likeness (QED) is 0.723. The number of alkyl halides is 3. The molecule has 0 aliphatic heterocycles. The maximum Gasteiger partial charge on any atom is 0.392 e. The zero-order chi connectivity index (χ0) is 9.73. The van der Waals surface area contributed by atoms with Crippen molar-refractivity contribution in [3.63, 3.8) is 0 Å². The molecule has 0 atom stereocenters. The second-order valence-electron chi connectivity index (χ2n) is 2.14. The van der Waals surface area contributed by atoms with E-state index in [1.54, 1.807) is 0 Å². The molecule has 4 nitrogen and oxygen atoms in total. The molecule has 1 heterocycles. The van der Waals surface area contributed by atoms with Crippen LogP contribution in [0.1, 0.15) is 6.42 Å². The van der Waals surface area contributed by atoms with Gasteiger partial charge in [-0.1, -0.05) is 5.10 Å². The Labute approximate surface area is 71.8 Å². The van der Waals surface area contributed by atoms with Gasteiger partial charge in [0.2, 0.25) is 0 Å². The molecule has 7 heteroatoms. The van der Waals surface area contributed by atoms with Gasteiger partial charge in [0.25, 0.3) is 0 Å². The fourth-order valence-corrected chi connectivity index (χ4v) is 0.560. The van der Waals surface area contributed by atoms with E-state index in [1.807, 2.05) is 0 Å². The Bertz CT molecular complexity index is 251. The summed E-state index contributed by atoms with van der Waals surface area (Å²) in [6.07, 6.45) is -2.65. The van der Waals surface area contributed by atoms with E-state index in [0.29, 0.717) is 0 Å². The Hall–Kier alpha value is -1.40. The number of aromatic nitrogens is 3. The van der Waals surface area contributed by atoms with Gasteiger partial charge in [-0.2, -0.15) is 18.3 Å². The van der Waals surface area contributed by atoms with Crippen LogP contribution in [0.4, 0.5) is 13.2 Å². The third kappa shape index (κ3) is 4.24. The van der Waals surface area contributed by atoms with E-state index >= 15 is 0 Å². The molecular formula is C6H6F3N3O. The molecule has 0 aliphatic rings. The summed E-state index contributed by atoms with van der Waals surface area (Å²) in [7, 11) is 0. The topological polar surface area (TPSA) is 47.9 Å². The van der Waals surface area contributed by atoms with Crippen LogP contribution in [-0.2, 0) is 0 Å². The van der Waals surface area contributed by atoms with Crippen LogP contribution < -0.4 is 4.74 Å². The third-order valence-electron chi connectivity index (χ3n) is 1.08. The lowest BCUT2D eigenvalue weighted by Crippen LogP contribution is -2.13. The molecule has 0 fully saturated rings. The van der Waals surface area contributed by atoms with Crippen LogP contribution in [0.2, 0.25) is 0 Å². The van der Waals surface area contributed by atoms with E-state index in [4.69, 9.17) is 0 Å². The highest BCUT2D eigenvalue weighted by molar-refractivity contribution is 4.86. The zero-order valence-corrected chi connectivity index (χ0v) is 6.45. The molecule has 0 radical (unpaired) electrons. The highest BCUT2D eigenvalue weighted by Crippen LogP contribution is 2.19. The number of hydrogen-bond donors (Lipinski definition) is 0. The van der Waals surface area contributed by atoms with Gasteiger partial charge in [-0.15, -0.1) is 0 Å². The third-order valence-corrected chi connectivity index (χ3v) is 1.08. The number of rotatable bonds is 3. The summed E-state index contributed by atoms with van der Waals surface area (Å²) in [4.78, 5) is 3.54. The second-order valence-corrected chi connectivity index (χ2v) is 2.14. The Morgan fingerprint density at radius 2 is 2.08 bits per heavy atom. The number of ether oxygens (including phenoxy) is 1. The lowest BCUT2D eigenvalue weighted by molar-refractivity contribution is -0.139. The van der Waals surface area contributed by atoms with Crippen LogP contribution in [0.15, 0.2) is 12.4 Å². The SMILES string of the molecule is FC(F)(F)CCOc1nccnn1. The molecule has 1 aromatic heterocycles. The fraction of sp³-hybridized carbons (Fsp3) is 0.500. The number of nitrogens with zero attached hydrogens (tertiary/aromatic N) is 3. The van der Waals surface area contributed by atoms with E-state index in [0.717, 1.165) is 0 Å². The molecule has 0 aliphatic carbocycles. The first kappa shape index (κ1) is 9.69. The van der Waals surface area contributed by atoms with Crippen LogP contribution in [0.3, 0.4) is 0 Å². The van der Waals surface area contributed by atoms with E-state index in [1.165, 1.54) is 12.4 Å². The van der Waals surface area contributed by atoms with Crippen molar-refractivity contribution in [2.75, 3.05) is 6.61 Å².